The molecule has 0 aliphatic heterocycles. The van der Waals surface area contributed by atoms with Crippen molar-refractivity contribution in [3.63, 3.8) is 0 Å². The van der Waals surface area contributed by atoms with E-state index in [-0.39, 0.29) is 30.3 Å². The summed E-state index contributed by atoms with van der Waals surface area (Å²) in [5, 5.41) is 23.5. The van der Waals surface area contributed by atoms with Crippen LogP contribution < -0.4 is 10.2 Å². The molecule has 0 fully saturated rings. The highest BCUT2D eigenvalue weighted by molar-refractivity contribution is 7.13. The molecule has 15 heteroatoms. The van der Waals surface area contributed by atoms with Crippen LogP contribution in [0.4, 0.5) is 18.0 Å². The first kappa shape index (κ1) is 32.7. The molecule has 1 aromatic heterocycles. The molecule has 0 radical (unpaired) electrons. The van der Waals surface area contributed by atoms with Crippen molar-refractivity contribution < 1.29 is 47.1 Å². The van der Waals surface area contributed by atoms with Gasteiger partial charge in [0.15, 0.2) is 0 Å². The zero-order valence-corrected chi connectivity index (χ0v) is 24.0. The van der Waals surface area contributed by atoms with Crippen molar-refractivity contribution in [3.8, 4) is 22.4 Å². The topological polar surface area (TPSA) is 161 Å². The van der Waals surface area contributed by atoms with E-state index in [0.29, 0.717) is 10.6 Å². The van der Waals surface area contributed by atoms with Gasteiger partial charge in [-0.15, -0.1) is 24.5 Å². The Morgan fingerprint density at radius 1 is 1.14 bits per heavy atom. The maximum absolute atomic E-state index is 12.5. The molecular formula is C28H27F3N5O6S+. The maximum atomic E-state index is 12.5. The Morgan fingerprint density at radius 2 is 1.86 bits per heavy atom. The molecule has 0 aliphatic carbocycles. The van der Waals surface area contributed by atoms with Crippen LogP contribution in [-0.4, -0.2) is 47.7 Å². The Kier molecular flexibility index (Phi) is 10.9. The summed E-state index contributed by atoms with van der Waals surface area (Å²) in [7, 11) is 0. The van der Waals surface area contributed by atoms with E-state index in [1.165, 1.54) is 24.4 Å². The second-order valence-corrected chi connectivity index (χ2v) is 10.4. The van der Waals surface area contributed by atoms with Gasteiger partial charge in [-0.25, -0.2) is 9.78 Å². The third kappa shape index (κ3) is 10.2. The first-order chi connectivity index (χ1) is 20.3. The van der Waals surface area contributed by atoms with Gasteiger partial charge in [0.2, 0.25) is 5.71 Å². The molecule has 1 unspecified atom stereocenters. The van der Waals surface area contributed by atoms with Crippen LogP contribution in [0.5, 0.6) is 5.75 Å². The van der Waals surface area contributed by atoms with Crippen molar-refractivity contribution in [3.05, 3.63) is 71.2 Å². The number of esters is 1. The lowest BCUT2D eigenvalue weighted by atomic mass is 9.95. The van der Waals surface area contributed by atoms with Crippen LogP contribution in [0.25, 0.3) is 10.6 Å². The van der Waals surface area contributed by atoms with E-state index in [9.17, 15) is 28.0 Å². The van der Waals surface area contributed by atoms with Gasteiger partial charge in [-0.1, -0.05) is 47.6 Å². The van der Waals surface area contributed by atoms with Crippen molar-refractivity contribution in [2.75, 3.05) is 6.61 Å². The van der Waals surface area contributed by atoms with Crippen molar-refractivity contribution in [2.45, 2.75) is 40.0 Å². The van der Waals surface area contributed by atoms with Gasteiger partial charge in [-0.3, -0.25) is 10.2 Å². The van der Waals surface area contributed by atoms with Crippen LogP contribution in [-0.2, 0) is 25.6 Å². The summed E-state index contributed by atoms with van der Waals surface area (Å²) in [5.74, 6) is -0.997. The van der Waals surface area contributed by atoms with Crippen molar-refractivity contribution in [1.29, 1.82) is 10.7 Å². The van der Waals surface area contributed by atoms with Crippen LogP contribution in [0.15, 0.2) is 65.1 Å². The number of nitrogens with zero attached hydrogens (tertiary/aromatic N) is 3. The zero-order chi connectivity index (χ0) is 31.6. The number of hydrogen-bond acceptors (Lipinski definition) is 11. The van der Waals surface area contributed by atoms with E-state index in [1.54, 1.807) is 19.9 Å². The highest BCUT2D eigenvalue weighted by Gasteiger charge is 2.33. The predicted molar refractivity (Wildman–Crippen MR) is 148 cm³/mol. The number of halogens is 3. The summed E-state index contributed by atoms with van der Waals surface area (Å²) in [6.45, 7) is 4.30. The van der Waals surface area contributed by atoms with Crippen LogP contribution in [0, 0.1) is 22.2 Å². The molecule has 226 valence electrons. The van der Waals surface area contributed by atoms with E-state index in [1.807, 2.05) is 30.3 Å². The Hall–Kier alpha value is -4.81. The Bertz CT molecular complexity index is 1520. The summed E-state index contributed by atoms with van der Waals surface area (Å²) in [5.41, 5.74) is 0.444. The molecule has 0 amide bonds. The first-order valence-corrected chi connectivity index (χ1v) is 13.4. The Balaban J connectivity index is 1.52. The van der Waals surface area contributed by atoms with E-state index in [2.05, 4.69) is 14.8 Å². The number of benzene rings is 2. The molecule has 0 aliphatic rings. The molecule has 2 aromatic carbocycles. The van der Waals surface area contributed by atoms with E-state index >= 15 is 0 Å². The largest absolute Gasteiger partial charge is 0.573 e. The molecule has 1 atom stereocenters. The number of ether oxygens (including phenoxy) is 4. The number of quaternary nitrogens is 1. The molecular weight excluding hydrogens is 591 g/mol. The molecule has 0 bridgehead atoms. The minimum atomic E-state index is -4.85. The molecule has 1 heterocycles. The molecule has 3 rings (SSSR count). The number of rotatable bonds is 12. The molecule has 3 aromatic rings. The van der Waals surface area contributed by atoms with Gasteiger partial charge in [-0.05, 0) is 31.5 Å². The van der Waals surface area contributed by atoms with E-state index in [4.69, 9.17) is 19.6 Å². The molecule has 11 nitrogen and oxygen atoms in total. The monoisotopic (exact) mass is 618 g/mol. The van der Waals surface area contributed by atoms with Crippen LogP contribution in [0.3, 0.4) is 0 Å². The third-order valence-electron chi connectivity index (χ3n) is 5.43. The fourth-order valence-electron chi connectivity index (χ4n) is 3.23. The number of thiazole rings is 1. The quantitative estimate of drug-likeness (QED) is 0.0963. The molecule has 0 spiro atoms. The average Bonchev–Trinajstić information content (AvgIpc) is 3.45. The van der Waals surface area contributed by atoms with Gasteiger partial charge in [0.25, 0.3) is 6.23 Å². The third-order valence-corrected chi connectivity index (χ3v) is 6.32. The second kappa shape index (κ2) is 14.4. The van der Waals surface area contributed by atoms with Gasteiger partial charge in [0.1, 0.15) is 41.4 Å². The second-order valence-electron chi connectivity index (χ2n) is 9.53. The highest BCUT2D eigenvalue weighted by atomic mass is 32.1. The number of carbonyl (C=O) groups is 2. The van der Waals surface area contributed by atoms with Gasteiger partial charge in [0.05, 0.1) is 5.41 Å². The molecule has 43 heavy (non-hydrogen) atoms. The number of nitrogens with one attached hydrogen (secondary N) is 1. The van der Waals surface area contributed by atoms with Crippen LogP contribution >= 0.6 is 11.3 Å². The molecule has 3 N–H and O–H groups in total. The fourth-order valence-corrected chi connectivity index (χ4v) is 4.04. The van der Waals surface area contributed by atoms with Crippen LogP contribution in [0.2, 0.25) is 0 Å². The van der Waals surface area contributed by atoms with Crippen LogP contribution in [0.1, 0.15) is 32.0 Å². The smallest absolute Gasteiger partial charge is 0.460 e. The fraction of sp³-hybridized carbons (Fsp3) is 0.286. The van der Waals surface area contributed by atoms with Crippen molar-refractivity contribution in [2.24, 2.45) is 10.5 Å². The van der Waals surface area contributed by atoms with E-state index < -0.39 is 35.9 Å². The van der Waals surface area contributed by atoms with E-state index in [0.717, 1.165) is 34.5 Å². The number of nitrogens with two attached hydrogens (primary N) is 1. The van der Waals surface area contributed by atoms with Gasteiger partial charge >= 0.3 is 18.5 Å². The van der Waals surface area contributed by atoms with Gasteiger partial charge < -0.3 is 18.9 Å². The average molecular weight is 619 g/mol. The zero-order valence-electron chi connectivity index (χ0n) is 23.2. The minimum Gasteiger partial charge on any atom is -0.460 e. The van der Waals surface area contributed by atoms with Gasteiger partial charge in [0, 0.05) is 17.9 Å². The number of hydrogen-bond donors (Lipinski definition) is 2. The summed E-state index contributed by atoms with van der Waals surface area (Å²) < 4.78 is 57.0. The number of aromatic nitrogens is 1. The summed E-state index contributed by atoms with van der Waals surface area (Å²) in [4.78, 5) is 28.8. The Labute approximate surface area is 248 Å². The predicted octanol–water partition coefficient (Wildman–Crippen LogP) is 4.79. The molecule has 0 saturated carbocycles. The lowest BCUT2D eigenvalue weighted by Gasteiger charge is -2.22. The summed E-state index contributed by atoms with van der Waals surface area (Å²) in [6.07, 6.45) is -6.91. The summed E-state index contributed by atoms with van der Waals surface area (Å²) in [6, 6.07) is 16.0. The number of alkyl halides is 3. The molecule has 0 saturated heterocycles. The maximum Gasteiger partial charge on any atom is 0.573 e. The number of nitriles is 1. The minimum absolute atomic E-state index is 0.0604. The Morgan fingerprint density at radius 3 is 2.53 bits per heavy atom. The lowest BCUT2D eigenvalue weighted by Crippen LogP contribution is -2.85. The highest BCUT2D eigenvalue weighted by Crippen LogP contribution is 2.30. The van der Waals surface area contributed by atoms with Crippen molar-refractivity contribution in [1.82, 2.24) is 4.98 Å². The standard InChI is InChI=1S/C28H26F3N5O6S/c1-17(41-26(38)40-16-27(2,3)25(37)39-14-18-8-5-4-6-9-18)35-36-21(13-32)23(33)22-15-43-24(34-22)19-10-7-11-20(12-19)42-28(29,30)31/h4-12,15,17,33,35H,14,16H2,1-3H3/p+1/b33-23?,36-21-. The number of carbonyl (C=O) groups excluding carboxylic acids is 2. The normalized spacial score (nSPS) is 12.5. The SMILES string of the molecule is CC([NH2+]/N=C(/C#N)C(=N)c1csc(-c2cccc(OC(F)(F)F)c2)n1)OC(=O)OCC(C)(C)C(=O)OCc1ccccc1. The lowest BCUT2D eigenvalue weighted by molar-refractivity contribution is -0.724. The van der Waals surface area contributed by atoms with Crippen molar-refractivity contribution >= 4 is 34.9 Å². The first-order valence-electron chi connectivity index (χ1n) is 12.5. The van der Waals surface area contributed by atoms with Gasteiger partial charge in [-0.2, -0.15) is 10.7 Å². The summed E-state index contributed by atoms with van der Waals surface area (Å²) >= 11 is 1.05.